The highest BCUT2D eigenvalue weighted by atomic mass is 16.5. The summed E-state index contributed by atoms with van der Waals surface area (Å²) in [5.74, 6) is 0.743. The van der Waals surface area contributed by atoms with E-state index in [9.17, 15) is 0 Å². The molecule has 0 amide bonds. The molecule has 0 spiro atoms. The van der Waals surface area contributed by atoms with Gasteiger partial charge in [-0.25, -0.2) is 4.98 Å². The summed E-state index contributed by atoms with van der Waals surface area (Å²) in [6, 6.07) is 13.1. The van der Waals surface area contributed by atoms with Crippen LogP contribution in [0.1, 0.15) is 23.7 Å². The number of rotatable bonds is 5. The number of aromatic nitrogens is 1. The van der Waals surface area contributed by atoms with Gasteiger partial charge in [0.2, 0.25) is 0 Å². The molecule has 0 atom stereocenters. The van der Waals surface area contributed by atoms with E-state index in [2.05, 4.69) is 10.1 Å². The van der Waals surface area contributed by atoms with Crippen LogP contribution in [0.4, 0.5) is 0 Å². The molecule has 0 aliphatic heterocycles. The first-order valence-corrected chi connectivity index (χ1v) is 6.45. The molecule has 0 aliphatic carbocycles. The maximum absolute atomic E-state index is 8.79. The summed E-state index contributed by atoms with van der Waals surface area (Å²) in [5.41, 5.74) is 2.98. The minimum Gasteiger partial charge on any atom is -0.489 e. The predicted octanol–water partition coefficient (Wildman–Crippen LogP) is 2.92. The minimum atomic E-state index is 0.380. The summed E-state index contributed by atoms with van der Waals surface area (Å²) in [6.07, 6.45) is 2.20. The van der Waals surface area contributed by atoms with Crippen molar-refractivity contribution in [3.05, 3.63) is 59.4 Å². The molecular weight excluding hydrogens is 266 g/mol. The van der Waals surface area contributed by atoms with Crippen LogP contribution in [0, 0.1) is 11.3 Å². The van der Waals surface area contributed by atoms with E-state index < -0.39 is 0 Å². The van der Waals surface area contributed by atoms with E-state index in [0.29, 0.717) is 24.4 Å². The van der Waals surface area contributed by atoms with Gasteiger partial charge in [-0.15, -0.1) is 0 Å². The summed E-state index contributed by atoms with van der Waals surface area (Å²) in [6.45, 7) is 2.15. The van der Waals surface area contributed by atoms with Crippen molar-refractivity contribution in [1.82, 2.24) is 4.98 Å². The van der Waals surface area contributed by atoms with Gasteiger partial charge < -0.3 is 9.94 Å². The van der Waals surface area contributed by atoms with Gasteiger partial charge in [0.25, 0.3) is 0 Å². The fraction of sp³-hybridized carbons (Fsp3) is 0.188. The molecule has 0 bridgehead atoms. The summed E-state index contributed by atoms with van der Waals surface area (Å²) in [5, 5.41) is 20.6. The molecule has 0 fully saturated rings. The number of hydrogen-bond acceptors (Lipinski definition) is 5. The largest absolute Gasteiger partial charge is 0.489 e. The maximum atomic E-state index is 8.79. The Hall–Kier alpha value is -2.87. The Morgan fingerprint density at radius 1 is 1.29 bits per heavy atom. The van der Waals surface area contributed by atoms with E-state index in [1.807, 2.05) is 36.4 Å². The Labute approximate surface area is 123 Å². The highest BCUT2D eigenvalue weighted by Gasteiger charge is 2.00. The molecule has 2 rings (SSSR count). The molecule has 0 radical (unpaired) electrons. The first kappa shape index (κ1) is 14.5. The summed E-state index contributed by atoms with van der Waals surface area (Å²) in [7, 11) is 0. The average molecular weight is 281 g/mol. The van der Waals surface area contributed by atoms with Crippen LogP contribution in [0.25, 0.3) is 0 Å². The smallest absolute Gasteiger partial charge is 0.140 e. The van der Waals surface area contributed by atoms with Crippen molar-refractivity contribution in [3.8, 4) is 11.8 Å². The normalized spacial score (nSPS) is 11.0. The van der Waals surface area contributed by atoms with Crippen LogP contribution < -0.4 is 4.74 Å². The zero-order valence-corrected chi connectivity index (χ0v) is 11.7. The molecule has 0 saturated heterocycles. The minimum absolute atomic E-state index is 0.380. The Kier molecular flexibility index (Phi) is 4.89. The standard InChI is InChI=1S/C16H15N3O2/c1-12(19-20)8-13-2-4-16(5-3-13)21-11-14-6-7-18-15(9-14)10-17/h2-7,9,20H,8,11H2,1H3/b19-12-. The highest BCUT2D eigenvalue weighted by Crippen LogP contribution is 2.15. The number of hydrogen-bond donors (Lipinski definition) is 1. The average Bonchev–Trinajstić information content (AvgIpc) is 2.54. The second kappa shape index (κ2) is 7.06. The van der Waals surface area contributed by atoms with Gasteiger partial charge in [-0.05, 0) is 42.3 Å². The van der Waals surface area contributed by atoms with E-state index in [1.54, 1.807) is 19.2 Å². The van der Waals surface area contributed by atoms with Crippen molar-refractivity contribution < 1.29 is 9.94 Å². The number of benzene rings is 1. The zero-order valence-electron chi connectivity index (χ0n) is 11.7. The van der Waals surface area contributed by atoms with E-state index in [1.165, 1.54) is 0 Å². The van der Waals surface area contributed by atoms with Crippen molar-refractivity contribution in [2.45, 2.75) is 20.0 Å². The summed E-state index contributed by atoms with van der Waals surface area (Å²) in [4.78, 5) is 3.91. The lowest BCUT2D eigenvalue weighted by molar-refractivity contribution is 0.306. The SMILES string of the molecule is C/C(Cc1ccc(OCc2ccnc(C#N)c2)cc1)=N/O. The number of pyridine rings is 1. The van der Waals surface area contributed by atoms with Crippen molar-refractivity contribution in [3.63, 3.8) is 0 Å². The highest BCUT2D eigenvalue weighted by molar-refractivity contribution is 5.83. The quantitative estimate of drug-likeness (QED) is 0.519. The molecule has 0 unspecified atom stereocenters. The third-order valence-electron chi connectivity index (χ3n) is 2.90. The Morgan fingerprint density at radius 2 is 2.05 bits per heavy atom. The Balaban J connectivity index is 1.96. The molecule has 1 aromatic carbocycles. The molecule has 2 aromatic rings. The number of nitriles is 1. The van der Waals surface area contributed by atoms with Crippen LogP contribution in [0.15, 0.2) is 47.8 Å². The molecular formula is C16H15N3O2. The van der Waals surface area contributed by atoms with Gasteiger partial charge in [0, 0.05) is 12.6 Å². The van der Waals surface area contributed by atoms with Crippen LogP contribution in [-0.2, 0) is 13.0 Å². The van der Waals surface area contributed by atoms with Crippen molar-refractivity contribution in [2.24, 2.45) is 5.16 Å². The van der Waals surface area contributed by atoms with E-state index in [0.717, 1.165) is 16.9 Å². The maximum Gasteiger partial charge on any atom is 0.140 e. The topological polar surface area (TPSA) is 78.5 Å². The fourth-order valence-electron chi connectivity index (χ4n) is 1.83. The number of oxime groups is 1. The summed E-state index contributed by atoms with van der Waals surface area (Å²) < 4.78 is 5.66. The van der Waals surface area contributed by atoms with Gasteiger partial charge in [-0.1, -0.05) is 17.3 Å². The van der Waals surface area contributed by atoms with Crippen molar-refractivity contribution >= 4 is 5.71 Å². The Morgan fingerprint density at radius 3 is 2.71 bits per heavy atom. The monoisotopic (exact) mass is 281 g/mol. The molecule has 5 nitrogen and oxygen atoms in total. The van der Waals surface area contributed by atoms with Crippen LogP contribution in [0.3, 0.4) is 0 Å². The lowest BCUT2D eigenvalue weighted by Crippen LogP contribution is -1.99. The fourth-order valence-corrected chi connectivity index (χ4v) is 1.83. The second-order valence-electron chi connectivity index (χ2n) is 4.61. The zero-order chi connectivity index (χ0) is 15.1. The van der Waals surface area contributed by atoms with E-state index in [-0.39, 0.29) is 0 Å². The van der Waals surface area contributed by atoms with E-state index >= 15 is 0 Å². The lowest BCUT2D eigenvalue weighted by Gasteiger charge is -2.07. The number of ether oxygens (including phenoxy) is 1. The van der Waals surface area contributed by atoms with Crippen molar-refractivity contribution in [2.75, 3.05) is 0 Å². The molecule has 5 heteroatoms. The molecule has 0 saturated carbocycles. The van der Waals surface area contributed by atoms with E-state index in [4.69, 9.17) is 15.2 Å². The lowest BCUT2D eigenvalue weighted by atomic mass is 10.1. The van der Waals surface area contributed by atoms with Gasteiger partial charge in [-0.2, -0.15) is 5.26 Å². The molecule has 1 aromatic heterocycles. The van der Waals surface area contributed by atoms with Crippen LogP contribution in [0.5, 0.6) is 5.75 Å². The molecule has 0 aliphatic rings. The number of nitrogens with zero attached hydrogens (tertiary/aromatic N) is 3. The van der Waals surface area contributed by atoms with Crippen LogP contribution in [-0.4, -0.2) is 15.9 Å². The molecule has 106 valence electrons. The van der Waals surface area contributed by atoms with Gasteiger partial charge >= 0.3 is 0 Å². The van der Waals surface area contributed by atoms with Crippen molar-refractivity contribution in [1.29, 1.82) is 5.26 Å². The van der Waals surface area contributed by atoms with Crippen LogP contribution >= 0.6 is 0 Å². The predicted molar refractivity (Wildman–Crippen MR) is 78.3 cm³/mol. The van der Waals surface area contributed by atoms with Gasteiger partial charge in [0.15, 0.2) is 0 Å². The molecule has 21 heavy (non-hydrogen) atoms. The Bertz CT molecular complexity index is 673. The first-order chi connectivity index (χ1) is 10.2. The first-order valence-electron chi connectivity index (χ1n) is 6.45. The molecule has 1 N–H and O–H groups in total. The van der Waals surface area contributed by atoms with Gasteiger partial charge in [-0.3, -0.25) is 0 Å². The van der Waals surface area contributed by atoms with Gasteiger partial charge in [0.1, 0.15) is 24.1 Å². The summed E-state index contributed by atoms with van der Waals surface area (Å²) >= 11 is 0. The second-order valence-corrected chi connectivity index (χ2v) is 4.61. The third-order valence-corrected chi connectivity index (χ3v) is 2.90. The third kappa shape index (κ3) is 4.32. The van der Waals surface area contributed by atoms with Gasteiger partial charge in [0.05, 0.1) is 5.71 Å². The molecule has 1 heterocycles. The van der Waals surface area contributed by atoms with Crippen LogP contribution in [0.2, 0.25) is 0 Å².